The number of carbonyl (C=O) groups excluding carboxylic acids is 1. The van der Waals surface area contributed by atoms with Crippen molar-refractivity contribution >= 4 is 22.7 Å². The number of nitrogen functional groups attached to an aromatic ring is 1. The van der Waals surface area contributed by atoms with Crippen molar-refractivity contribution in [3.05, 3.63) is 48.0 Å². The normalized spacial score (nSPS) is 10.7. The highest BCUT2D eigenvalue weighted by Gasteiger charge is 2.15. The maximum absolute atomic E-state index is 12.0. The Bertz CT molecular complexity index is 808. The summed E-state index contributed by atoms with van der Waals surface area (Å²) in [5.41, 5.74) is 9.23. The second-order valence-corrected chi connectivity index (χ2v) is 4.59. The fourth-order valence-corrected chi connectivity index (χ4v) is 2.25. The molecule has 3 N–H and O–H groups in total. The summed E-state index contributed by atoms with van der Waals surface area (Å²) in [4.78, 5) is 19.7. The number of hydrogen-bond acceptors (Lipinski definition) is 4. The number of ether oxygens (including phenoxy) is 1. The van der Waals surface area contributed by atoms with Crippen molar-refractivity contribution in [2.45, 2.75) is 6.92 Å². The van der Waals surface area contributed by atoms with Crippen LogP contribution >= 0.6 is 0 Å². The Labute approximate surface area is 121 Å². The van der Waals surface area contributed by atoms with Crippen molar-refractivity contribution in [1.29, 1.82) is 0 Å². The fourth-order valence-electron chi connectivity index (χ4n) is 2.25. The number of aromatic amines is 1. The molecule has 0 spiro atoms. The number of carbonyl (C=O) groups is 1. The molecule has 0 fully saturated rings. The van der Waals surface area contributed by atoms with E-state index in [2.05, 4.69) is 9.97 Å². The van der Waals surface area contributed by atoms with Crippen LogP contribution in [0.1, 0.15) is 17.3 Å². The molecule has 1 aromatic heterocycles. The van der Waals surface area contributed by atoms with Crippen LogP contribution in [0.5, 0.6) is 0 Å². The lowest BCUT2D eigenvalue weighted by Gasteiger charge is -2.01. The van der Waals surface area contributed by atoms with Gasteiger partial charge in [0.2, 0.25) is 0 Å². The Kier molecular flexibility index (Phi) is 3.31. The highest BCUT2D eigenvalue weighted by molar-refractivity contribution is 6.02. The molecule has 0 amide bonds. The van der Waals surface area contributed by atoms with Crippen molar-refractivity contribution in [1.82, 2.24) is 9.97 Å². The predicted molar refractivity (Wildman–Crippen MR) is 81.9 cm³/mol. The van der Waals surface area contributed by atoms with Gasteiger partial charge in [-0.25, -0.2) is 9.78 Å². The van der Waals surface area contributed by atoms with Gasteiger partial charge >= 0.3 is 5.97 Å². The Morgan fingerprint density at radius 2 is 2.05 bits per heavy atom. The number of para-hydroxylation sites is 2. The number of hydrogen-bond donors (Lipinski definition) is 2. The molecule has 5 nitrogen and oxygen atoms in total. The molecule has 3 aromatic rings. The number of fused-ring (bicyclic) bond motifs is 1. The van der Waals surface area contributed by atoms with E-state index in [1.165, 1.54) is 0 Å². The van der Waals surface area contributed by atoms with Crippen LogP contribution in [0.3, 0.4) is 0 Å². The maximum Gasteiger partial charge on any atom is 0.340 e. The molecule has 0 aliphatic heterocycles. The van der Waals surface area contributed by atoms with Gasteiger partial charge in [-0.15, -0.1) is 0 Å². The summed E-state index contributed by atoms with van der Waals surface area (Å²) < 4.78 is 5.06. The summed E-state index contributed by atoms with van der Waals surface area (Å²) in [5, 5.41) is 0. The van der Waals surface area contributed by atoms with E-state index in [9.17, 15) is 4.79 Å². The van der Waals surface area contributed by atoms with E-state index in [-0.39, 0.29) is 5.97 Å². The number of anilines is 1. The van der Waals surface area contributed by atoms with Crippen molar-refractivity contribution in [3.8, 4) is 11.4 Å². The number of benzene rings is 2. The van der Waals surface area contributed by atoms with Gasteiger partial charge in [-0.1, -0.05) is 18.2 Å². The van der Waals surface area contributed by atoms with Crippen LogP contribution in [-0.4, -0.2) is 22.5 Å². The summed E-state index contributed by atoms with van der Waals surface area (Å²) in [7, 11) is 0. The Hall–Kier alpha value is -2.82. The molecule has 0 aliphatic carbocycles. The topological polar surface area (TPSA) is 81.0 Å². The average molecular weight is 281 g/mol. The van der Waals surface area contributed by atoms with Crippen molar-refractivity contribution in [2.24, 2.45) is 0 Å². The zero-order valence-electron chi connectivity index (χ0n) is 11.6. The molecule has 5 heteroatoms. The highest BCUT2D eigenvalue weighted by Crippen LogP contribution is 2.26. The van der Waals surface area contributed by atoms with Gasteiger partial charge in [0.25, 0.3) is 0 Å². The molecule has 0 aliphatic rings. The fraction of sp³-hybridized carbons (Fsp3) is 0.125. The van der Waals surface area contributed by atoms with Crippen molar-refractivity contribution in [3.63, 3.8) is 0 Å². The number of nitrogens with zero attached hydrogens (tertiary/aromatic N) is 1. The van der Waals surface area contributed by atoms with E-state index >= 15 is 0 Å². The van der Waals surface area contributed by atoms with E-state index in [4.69, 9.17) is 10.5 Å². The SMILES string of the molecule is CCOC(=O)c1cccc2[nH]c(-c3ccccc3N)nc12. The van der Waals surface area contributed by atoms with Crippen molar-refractivity contribution < 1.29 is 9.53 Å². The number of rotatable bonds is 3. The van der Waals surface area contributed by atoms with Crippen LogP contribution in [-0.2, 0) is 4.74 Å². The minimum absolute atomic E-state index is 0.331. The standard InChI is InChI=1S/C16H15N3O2/c1-2-21-16(20)11-7-5-9-13-14(11)19-15(18-13)10-6-3-4-8-12(10)17/h3-9H,2,17H2,1H3,(H,18,19). The lowest BCUT2D eigenvalue weighted by molar-refractivity contribution is 0.0528. The molecule has 0 saturated heterocycles. The molecular weight excluding hydrogens is 266 g/mol. The van der Waals surface area contributed by atoms with Crippen LogP contribution < -0.4 is 5.73 Å². The van der Waals surface area contributed by atoms with Crippen LogP contribution in [0.4, 0.5) is 5.69 Å². The smallest absolute Gasteiger partial charge is 0.340 e. The Balaban J connectivity index is 2.15. The van der Waals surface area contributed by atoms with E-state index in [1.807, 2.05) is 30.3 Å². The first-order valence-electron chi connectivity index (χ1n) is 6.71. The molecule has 0 atom stereocenters. The zero-order chi connectivity index (χ0) is 14.8. The average Bonchev–Trinajstić information content (AvgIpc) is 2.91. The maximum atomic E-state index is 12.0. The number of aromatic nitrogens is 2. The largest absolute Gasteiger partial charge is 0.462 e. The lowest BCUT2D eigenvalue weighted by Crippen LogP contribution is -2.05. The van der Waals surface area contributed by atoms with E-state index < -0.39 is 0 Å². The van der Waals surface area contributed by atoms with Crippen LogP contribution in [0, 0.1) is 0 Å². The molecule has 21 heavy (non-hydrogen) atoms. The van der Waals surface area contributed by atoms with E-state index in [0.29, 0.717) is 29.2 Å². The highest BCUT2D eigenvalue weighted by atomic mass is 16.5. The number of H-pyrrole nitrogens is 1. The molecule has 0 unspecified atom stereocenters. The van der Waals surface area contributed by atoms with Gasteiger partial charge in [0, 0.05) is 11.3 Å². The summed E-state index contributed by atoms with van der Waals surface area (Å²) in [6, 6.07) is 12.8. The third kappa shape index (κ3) is 2.33. The molecule has 3 rings (SSSR count). The molecule has 1 heterocycles. The second kappa shape index (κ2) is 5.28. The van der Waals surface area contributed by atoms with Crippen LogP contribution in [0.15, 0.2) is 42.5 Å². The first kappa shape index (κ1) is 13.2. The van der Waals surface area contributed by atoms with Gasteiger partial charge in [0.05, 0.1) is 17.7 Å². The van der Waals surface area contributed by atoms with Gasteiger partial charge in [-0.3, -0.25) is 0 Å². The first-order valence-corrected chi connectivity index (χ1v) is 6.71. The molecule has 106 valence electrons. The quantitative estimate of drug-likeness (QED) is 0.571. The summed E-state index contributed by atoms with van der Waals surface area (Å²) in [6.07, 6.45) is 0. The molecule has 0 bridgehead atoms. The first-order chi connectivity index (χ1) is 10.2. The number of imidazole rings is 1. The van der Waals surface area contributed by atoms with E-state index in [0.717, 1.165) is 11.1 Å². The van der Waals surface area contributed by atoms with Gasteiger partial charge in [-0.05, 0) is 31.2 Å². The van der Waals surface area contributed by atoms with Crippen LogP contribution in [0.2, 0.25) is 0 Å². The third-order valence-corrected chi connectivity index (χ3v) is 3.22. The van der Waals surface area contributed by atoms with E-state index in [1.54, 1.807) is 19.1 Å². The molecular formula is C16H15N3O2. The van der Waals surface area contributed by atoms with Crippen molar-refractivity contribution in [2.75, 3.05) is 12.3 Å². The zero-order valence-corrected chi connectivity index (χ0v) is 11.6. The molecule has 2 aromatic carbocycles. The number of esters is 1. The Morgan fingerprint density at radius 3 is 2.81 bits per heavy atom. The Morgan fingerprint density at radius 1 is 1.24 bits per heavy atom. The molecule has 0 radical (unpaired) electrons. The monoisotopic (exact) mass is 281 g/mol. The van der Waals surface area contributed by atoms with Gasteiger partial charge in [0.15, 0.2) is 0 Å². The van der Waals surface area contributed by atoms with Gasteiger partial charge < -0.3 is 15.5 Å². The third-order valence-electron chi connectivity index (χ3n) is 3.22. The minimum atomic E-state index is -0.373. The number of nitrogens with one attached hydrogen (secondary N) is 1. The summed E-state index contributed by atoms with van der Waals surface area (Å²) in [5.74, 6) is 0.266. The minimum Gasteiger partial charge on any atom is -0.462 e. The second-order valence-electron chi connectivity index (χ2n) is 4.59. The number of nitrogens with two attached hydrogens (primary N) is 1. The van der Waals surface area contributed by atoms with Gasteiger partial charge in [0.1, 0.15) is 11.3 Å². The lowest BCUT2D eigenvalue weighted by atomic mass is 10.2. The predicted octanol–water partition coefficient (Wildman–Crippen LogP) is 2.99. The van der Waals surface area contributed by atoms with Crippen LogP contribution in [0.25, 0.3) is 22.4 Å². The van der Waals surface area contributed by atoms with Gasteiger partial charge in [-0.2, -0.15) is 0 Å². The molecule has 0 saturated carbocycles. The summed E-state index contributed by atoms with van der Waals surface area (Å²) in [6.45, 7) is 2.11. The summed E-state index contributed by atoms with van der Waals surface area (Å²) >= 11 is 0.